The number of ether oxygens (including phenoxy) is 1. The van der Waals surface area contributed by atoms with Gasteiger partial charge in [0.25, 0.3) is 0 Å². The number of hydrogen-bond donors (Lipinski definition) is 0. The van der Waals surface area contributed by atoms with E-state index in [2.05, 4.69) is 28.6 Å². The molecule has 17 heavy (non-hydrogen) atoms. The van der Waals surface area contributed by atoms with Crippen molar-refractivity contribution in [2.24, 2.45) is 5.92 Å². The number of halogens is 1. The minimum atomic E-state index is -0.171. The van der Waals surface area contributed by atoms with Gasteiger partial charge in [0.05, 0.1) is 11.5 Å². The summed E-state index contributed by atoms with van der Waals surface area (Å²) in [4.78, 5) is 0. The molecule has 98 valence electrons. The molecule has 0 aromatic carbocycles. The second-order valence-electron chi connectivity index (χ2n) is 5.57. The van der Waals surface area contributed by atoms with Gasteiger partial charge >= 0.3 is 0 Å². The van der Waals surface area contributed by atoms with Crippen molar-refractivity contribution in [2.75, 3.05) is 0 Å². The summed E-state index contributed by atoms with van der Waals surface area (Å²) in [6.07, 6.45) is 0. The summed E-state index contributed by atoms with van der Waals surface area (Å²) in [6, 6.07) is 0. The van der Waals surface area contributed by atoms with E-state index in [1.807, 2.05) is 20.8 Å². The Kier molecular flexibility index (Phi) is 4.95. The first kappa shape index (κ1) is 14.5. The van der Waals surface area contributed by atoms with E-state index in [0.717, 1.165) is 18.2 Å². The molecule has 0 saturated carbocycles. The van der Waals surface area contributed by atoms with Crippen LogP contribution >= 0.6 is 11.6 Å². The van der Waals surface area contributed by atoms with Gasteiger partial charge in [0, 0.05) is 6.54 Å². The first-order chi connectivity index (χ1) is 7.83. The first-order valence-corrected chi connectivity index (χ1v) is 6.48. The zero-order valence-corrected chi connectivity index (χ0v) is 12.1. The van der Waals surface area contributed by atoms with Gasteiger partial charge in [0.15, 0.2) is 5.82 Å². The highest BCUT2D eigenvalue weighted by Gasteiger charge is 2.16. The third kappa shape index (κ3) is 4.64. The predicted molar refractivity (Wildman–Crippen MR) is 69.0 cm³/mol. The number of alkyl halides is 1. The van der Waals surface area contributed by atoms with Crippen LogP contribution in [0.15, 0.2) is 0 Å². The van der Waals surface area contributed by atoms with Crippen LogP contribution < -0.4 is 0 Å². The lowest BCUT2D eigenvalue weighted by Gasteiger charge is -2.20. The Morgan fingerprint density at radius 1 is 1.24 bits per heavy atom. The Hall–Kier alpha value is -0.610. The molecule has 0 bridgehead atoms. The summed E-state index contributed by atoms with van der Waals surface area (Å²) in [6.45, 7) is 11.7. The van der Waals surface area contributed by atoms with Crippen LogP contribution in [0.5, 0.6) is 0 Å². The van der Waals surface area contributed by atoms with Gasteiger partial charge in [-0.15, -0.1) is 21.8 Å². The zero-order valence-electron chi connectivity index (χ0n) is 11.3. The van der Waals surface area contributed by atoms with Crippen LogP contribution in [0.3, 0.4) is 0 Å². The van der Waals surface area contributed by atoms with E-state index in [1.165, 1.54) is 0 Å². The quantitative estimate of drug-likeness (QED) is 0.764. The van der Waals surface area contributed by atoms with E-state index in [1.54, 1.807) is 0 Å². The third-order valence-electron chi connectivity index (χ3n) is 2.21. The lowest BCUT2D eigenvalue weighted by molar-refractivity contribution is -0.0196. The van der Waals surface area contributed by atoms with Gasteiger partial charge < -0.3 is 9.30 Å². The molecule has 0 radical (unpaired) electrons. The van der Waals surface area contributed by atoms with Crippen molar-refractivity contribution < 1.29 is 4.74 Å². The third-order valence-corrected chi connectivity index (χ3v) is 2.44. The summed E-state index contributed by atoms with van der Waals surface area (Å²) in [5.74, 6) is 2.58. The van der Waals surface area contributed by atoms with Crippen molar-refractivity contribution in [3.05, 3.63) is 11.6 Å². The van der Waals surface area contributed by atoms with E-state index in [0.29, 0.717) is 18.4 Å². The van der Waals surface area contributed by atoms with E-state index in [-0.39, 0.29) is 5.60 Å². The molecular formula is C12H22ClN3O. The van der Waals surface area contributed by atoms with E-state index < -0.39 is 0 Å². The molecule has 1 aromatic rings. The van der Waals surface area contributed by atoms with Crippen LogP contribution in [0, 0.1) is 5.92 Å². The molecule has 0 N–H and O–H groups in total. The minimum absolute atomic E-state index is 0.171. The highest BCUT2D eigenvalue weighted by atomic mass is 35.5. The summed E-state index contributed by atoms with van der Waals surface area (Å²) < 4.78 is 7.79. The van der Waals surface area contributed by atoms with Gasteiger partial charge in [0.2, 0.25) is 0 Å². The van der Waals surface area contributed by atoms with Crippen molar-refractivity contribution in [2.45, 2.75) is 59.3 Å². The molecular weight excluding hydrogens is 238 g/mol. The molecule has 1 rings (SSSR count). The van der Waals surface area contributed by atoms with Crippen LogP contribution in [0.25, 0.3) is 0 Å². The SMILES string of the molecule is CC(C)Cn1c(CCl)nnc1COC(C)(C)C. The molecule has 0 aliphatic rings. The van der Waals surface area contributed by atoms with Crippen molar-refractivity contribution in [1.82, 2.24) is 14.8 Å². The highest BCUT2D eigenvalue weighted by Crippen LogP contribution is 2.14. The molecule has 0 spiro atoms. The summed E-state index contributed by atoms with van der Waals surface area (Å²) in [5.41, 5.74) is -0.171. The molecule has 0 saturated heterocycles. The fraction of sp³-hybridized carbons (Fsp3) is 0.833. The fourth-order valence-corrected chi connectivity index (χ4v) is 1.63. The minimum Gasteiger partial charge on any atom is -0.368 e. The topological polar surface area (TPSA) is 39.9 Å². The molecule has 0 unspecified atom stereocenters. The molecule has 0 fully saturated rings. The predicted octanol–water partition coefficient (Wildman–Crippen LogP) is 2.99. The zero-order chi connectivity index (χ0) is 13.1. The highest BCUT2D eigenvalue weighted by molar-refractivity contribution is 6.16. The molecule has 5 heteroatoms. The molecule has 0 aliphatic carbocycles. The van der Waals surface area contributed by atoms with E-state index in [9.17, 15) is 0 Å². The van der Waals surface area contributed by atoms with Gasteiger partial charge in [-0.2, -0.15) is 0 Å². The summed E-state index contributed by atoms with van der Waals surface area (Å²) >= 11 is 5.85. The van der Waals surface area contributed by atoms with Crippen LogP contribution in [0.2, 0.25) is 0 Å². The summed E-state index contributed by atoms with van der Waals surface area (Å²) in [5, 5.41) is 8.24. The van der Waals surface area contributed by atoms with Crippen LogP contribution in [0.1, 0.15) is 46.3 Å². The maximum Gasteiger partial charge on any atom is 0.159 e. The number of nitrogens with zero attached hydrogens (tertiary/aromatic N) is 3. The Morgan fingerprint density at radius 3 is 2.29 bits per heavy atom. The Morgan fingerprint density at radius 2 is 1.82 bits per heavy atom. The molecule has 0 amide bonds. The van der Waals surface area contributed by atoms with Gasteiger partial charge in [-0.1, -0.05) is 13.8 Å². The fourth-order valence-electron chi connectivity index (χ4n) is 1.43. The van der Waals surface area contributed by atoms with Gasteiger partial charge in [-0.25, -0.2) is 0 Å². The van der Waals surface area contributed by atoms with Crippen molar-refractivity contribution in [1.29, 1.82) is 0 Å². The standard InChI is InChI=1S/C12H22ClN3O/c1-9(2)7-16-10(6-13)14-15-11(16)8-17-12(3,4)5/h9H,6-8H2,1-5H3. The second kappa shape index (κ2) is 5.83. The first-order valence-electron chi connectivity index (χ1n) is 5.94. The smallest absolute Gasteiger partial charge is 0.159 e. The second-order valence-corrected chi connectivity index (χ2v) is 5.84. The molecule has 4 nitrogen and oxygen atoms in total. The van der Waals surface area contributed by atoms with E-state index >= 15 is 0 Å². The van der Waals surface area contributed by atoms with Crippen molar-refractivity contribution in [3.8, 4) is 0 Å². The van der Waals surface area contributed by atoms with Gasteiger partial charge in [-0.3, -0.25) is 0 Å². The Balaban J connectivity index is 2.80. The summed E-state index contributed by atoms with van der Waals surface area (Å²) in [7, 11) is 0. The van der Waals surface area contributed by atoms with Crippen LogP contribution in [0.4, 0.5) is 0 Å². The molecule has 1 heterocycles. The lowest BCUT2D eigenvalue weighted by atomic mass is 10.2. The maximum atomic E-state index is 5.85. The number of hydrogen-bond acceptors (Lipinski definition) is 3. The van der Waals surface area contributed by atoms with Gasteiger partial charge in [0.1, 0.15) is 12.4 Å². The molecule has 0 aliphatic heterocycles. The maximum absolute atomic E-state index is 5.85. The Labute approximate surface area is 108 Å². The molecule has 1 aromatic heterocycles. The average Bonchev–Trinajstić information content (AvgIpc) is 2.55. The van der Waals surface area contributed by atoms with Crippen molar-refractivity contribution >= 4 is 11.6 Å². The van der Waals surface area contributed by atoms with Gasteiger partial charge in [-0.05, 0) is 26.7 Å². The van der Waals surface area contributed by atoms with E-state index in [4.69, 9.17) is 16.3 Å². The molecule has 0 atom stereocenters. The number of aromatic nitrogens is 3. The average molecular weight is 260 g/mol. The van der Waals surface area contributed by atoms with Crippen molar-refractivity contribution in [3.63, 3.8) is 0 Å². The largest absolute Gasteiger partial charge is 0.368 e. The van der Waals surface area contributed by atoms with Crippen LogP contribution in [-0.2, 0) is 23.8 Å². The monoisotopic (exact) mass is 259 g/mol. The lowest BCUT2D eigenvalue weighted by Crippen LogP contribution is -2.21. The Bertz CT molecular complexity index is 355. The number of rotatable bonds is 5. The normalized spacial score (nSPS) is 12.4. The van der Waals surface area contributed by atoms with Crippen LogP contribution in [-0.4, -0.2) is 20.4 Å².